The van der Waals surface area contributed by atoms with Crippen molar-refractivity contribution in [1.82, 2.24) is 4.40 Å². The van der Waals surface area contributed by atoms with Crippen LogP contribution in [0.5, 0.6) is 11.5 Å². The molecule has 4 nitrogen and oxygen atoms in total. The van der Waals surface area contributed by atoms with Gasteiger partial charge in [0.2, 0.25) is 5.78 Å². The Morgan fingerprint density at radius 3 is 2.50 bits per heavy atom. The van der Waals surface area contributed by atoms with Crippen LogP contribution in [0.2, 0.25) is 0 Å². The Balaban J connectivity index is 1.86. The molecule has 4 aromatic rings. The fourth-order valence-electron chi connectivity index (χ4n) is 3.37. The molecule has 140 valence electrons. The summed E-state index contributed by atoms with van der Waals surface area (Å²) in [7, 11) is 1.64. The molecule has 0 aliphatic rings. The number of hydrogen-bond acceptors (Lipinski definition) is 3. The Morgan fingerprint density at radius 1 is 0.929 bits per heavy atom. The Bertz CT molecular complexity index is 1130. The predicted molar refractivity (Wildman–Crippen MR) is 110 cm³/mol. The van der Waals surface area contributed by atoms with E-state index in [1.807, 2.05) is 90.3 Å². The Hall–Kier alpha value is -3.53. The normalized spacial score (nSPS) is 10.8. The van der Waals surface area contributed by atoms with E-state index in [1.165, 1.54) is 0 Å². The van der Waals surface area contributed by atoms with Crippen molar-refractivity contribution in [3.8, 4) is 22.6 Å². The van der Waals surface area contributed by atoms with Crippen LogP contribution in [0.15, 0.2) is 79.0 Å². The van der Waals surface area contributed by atoms with E-state index < -0.39 is 0 Å². The zero-order valence-corrected chi connectivity index (χ0v) is 15.9. The summed E-state index contributed by atoms with van der Waals surface area (Å²) < 4.78 is 12.8. The zero-order valence-electron chi connectivity index (χ0n) is 15.9. The largest absolute Gasteiger partial charge is 0.497 e. The van der Waals surface area contributed by atoms with Gasteiger partial charge in [0, 0.05) is 22.8 Å². The lowest BCUT2D eigenvalue weighted by Gasteiger charge is -2.09. The maximum Gasteiger partial charge on any atom is 0.210 e. The molecule has 0 atom stereocenters. The number of pyridine rings is 1. The quantitative estimate of drug-likeness (QED) is 0.435. The van der Waals surface area contributed by atoms with Gasteiger partial charge in [-0.3, -0.25) is 4.79 Å². The van der Waals surface area contributed by atoms with Gasteiger partial charge in [-0.25, -0.2) is 0 Å². The number of methoxy groups -OCH3 is 1. The number of benzene rings is 2. The van der Waals surface area contributed by atoms with Gasteiger partial charge in [-0.2, -0.15) is 0 Å². The fourth-order valence-corrected chi connectivity index (χ4v) is 3.37. The summed E-state index contributed by atoms with van der Waals surface area (Å²) in [4.78, 5) is 13.4. The van der Waals surface area contributed by atoms with Crippen molar-refractivity contribution in [2.45, 2.75) is 6.92 Å². The zero-order chi connectivity index (χ0) is 19.5. The van der Waals surface area contributed by atoms with E-state index >= 15 is 0 Å². The molecule has 0 unspecified atom stereocenters. The summed E-state index contributed by atoms with van der Waals surface area (Å²) >= 11 is 0. The summed E-state index contributed by atoms with van der Waals surface area (Å²) in [5, 5.41) is 0. The van der Waals surface area contributed by atoms with Gasteiger partial charge in [0.15, 0.2) is 0 Å². The van der Waals surface area contributed by atoms with Gasteiger partial charge < -0.3 is 13.9 Å². The van der Waals surface area contributed by atoms with Gasteiger partial charge >= 0.3 is 0 Å². The topological polar surface area (TPSA) is 39.9 Å². The van der Waals surface area contributed by atoms with Crippen LogP contribution in [0.3, 0.4) is 0 Å². The fraction of sp³-hybridized carbons (Fsp3) is 0.125. The SMILES string of the molecule is CCOc1ccc(C(=O)c2c(-c3cccc(OC)c3)cc3ccccn23)cc1. The smallest absolute Gasteiger partial charge is 0.210 e. The van der Waals surface area contributed by atoms with E-state index in [2.05, 4.69) is 0 Å². The molecule has 0 bridgehead atoms. The van der Waals surface area contributed by atoms with Crippen molar-refractivity contribution in [2.24, 2.45) is 0 Å². The van der Waals surface area contributed by atoms with E-state index in [-0.39, 0.29) is 5.78 Å². The van der Waals surface area contributed by atoms with Gasteiger partial charge in [0.1, 0.15) is 17.2 Å². The molecule has 0 N–H and O–H groups in total. The molecule has 2 aromatic heterocycles. The van der Waals surface area contributed by atoms with Crippen LogP contribution < -0.4 is 9.47 Å². The van der Waals surface area contributed by atoms with Gasteiger partial charge in [-0.05, 0) is 67.1 Å². The van der Waals surface area contributed by atoms with E-state index in [0.717, 1.165) is 28.1 Å². The van der Waals surface area contributed by atoms with Gasteiger partial charge in [-0.1, -0.05) is 18.2 Å². The molecule has 0 spiro atoms. The Morgan fingerprint density at radius 2 is 1.75 bits per heavy atom. The number of carbonyl (C=O) groups excluding carboxylic acids is 1. The molecule has 0 radical (unpaired) electrons. The molecule has 28 heavy (non-hydrogen) atoms. The number of rotatable bonds is 6. The van der Waals surface area contributed by atoms with E-state index in [0.29, 0.717) is 17.9 Å². The van der Waals surface area contributed by atoms with Crippen molar-refractivity contribution < 1.29 is 14.3 Å². The minimum atomic E-state index is -0.0351. The lowest BCUT2D eigenvalue weighted by molar-refractivity contribution is 0.103. The Labute approximate surface area is 164 Å². The monoisotopic (exact) mass is 371 g/mol. The predicted octanol–water partition coefficient (Wildman–Crippen LogP) is 5.24. The third-order valence-corrected chi connectivity index (χ3v) is 4.70. The molecule has 4 heteroatoms. The molecular formula is C24H21NO3. The first kappa shape index (κ1) is 17.9. The highest BCUT2D eigenvalue weighted by molar-refractivity contribution is 6.13. The third kappa shape index (κ3) is 3.25. The average Bonchev–Trinajstić information content (AvgIpc) is 3.14. The molecule has 4 rings (SSSR count). The molecular weight excluding hydrogens is 350 g/mol. The van der Waals surface area contributed by atoms with Crippen LogP contribution in [0, 0.1) is 0 Å². The molecule has 2 aromatic carbocycles. The van der Waals surface area contributed by atoms with Crippen LogP contribution in [-0.2, 0) is 0 Å². The molecule has 2 heterocycles. The second kappa shape index (κ2) is 7.61. The molecule has 0 amide bonds. The van der Waals surface area contributed by atoms with Crippen LogP contribution >= 0.6 is 0 Å². The maximum atomic E-state index is 13.4. The van der Waals surface area contributed by atoms with Crippen molar-refractivity contribution >= 4 is 11.3 Å². The summed E-state index contributed by atoms with van der Waals surface area (Å²) in [5.41, 5.74) is 4.04. The average molecular weight is 371 g/mol. The summed E-state index contributed by atoms with van der Waals surface area (Å²) in [6.45, 7) is 2.53. The summed E-state index contributed by atoms with van der Waals surface area (Å²) in [6.07, 6.45) is 1.92. The molecule has 0 fully saturated rings. The first-order valence-corrected chi connectivity index (χ1v) is 9.23. The van der Waals surface area contributed by atoms with Crippen LogP contribution in [0.25, 0.3) is 16.6 Å². The lowest BCUT2D eigenvalue weighted by atomic mass is 10.00. The lowest BCUT2D eigenvalue weighted by Crippen LogP contribution is -2.07. The first-order valence-electron chi connectivity index (χ1n) is 9.23. The van der Waals surface area contributed by atoms with E-state index in [4.69, 9.17) is 9.47 Å². The number of ketones is 1. The number of aromatic nitrogens is 1. The van der Waals surface area contributed by atoms with Crippen molar-refractivity contribution in [2.75, 3.05) is 13.7 Å². The van der Waals surface area contributed by atoms with Crippen LogP contribution in [0.1, 0.15) is 23.0 Å². The molecule has 0 aliphatic carbocycles. The standard InChI is InChI=1S/C24H21NO3/c1-3-28-20-12-10-17(11-13-20)24(26)23-22(16-19-8-4-5-14-25(19)23)18-7-6-9-21(15-18)27-2/h4-16H,3H2,1-2H3. The van der Waals surface area contributed by atoms with E-state index in [9.17, 15) is 4.79 Å². The van der Waals surface area contributed by atoms with Crippen LogP contribution in [-0.4, -0.2) is 23.9 Å². The van der Waals surface area contributed by atoms with E-state index in [1.54, 1.807) is 7.11 Å². The molecule has 0 aliphatic heterocycles. The number of nitrogens with zero attached hydrogens (tertiary/aromatic N) is 1. The van der Waals surface area contributed by atoms with Gasteiger partial charge in [-0.15, -0.1) is 0 Å². The molecule has 0 saturated carbocycles. The highest BCUT2D eigenvalue weighted by Crippen LogP contribution is 2.32. The number of hydrogen-bond donors (Lipinski definition) is 0. The van der Waals surface area contributed by atoms with Gasteiger partial charge in [0.05, 0.1) is 13.7 Å². The van der Waals surface area contributed by atoms with Crippen LogP contribution in [0.4, 0.5) is 0 Å². The number of fused-ring (bicyclic) bond motifs is 1. The first-order chi connectivity index (χ1) is 13.7. The van der Waals surface area contributed by atoms with Crippen molar-refractivity contribution in [3.63, 3.8) is 0 Å². The summed E-state index contributed by atoms with van der Waals surface area (Å²) in [6, 6.07) is 23.0. The van der Waals surface area contributed by atoms with Gasteiger partial charge in [0.25, 0.3) is 0 Å². The van der Waals surface area contributed by atoms with Crippen molar-refractivity contribution in [3.05, 3.63) is 90.3 Å². The Kier molecular flexibility index (Phi) is 4.85. The number of ether oxygens (including phenoxy) is 2. The summed E-state index contributed by atoms with van der Waals surface area (Å²) in [5.74, 6) is 1.48. The third-order valence-electron chi connectivity index (χ3n) is 4.70. The minimum Gasteiger partial charge on any atom is -0.497 e. The second-order valence-electron chi connectivity index (χ2n) is 6.42. The number of carbonyl (C=O) groups is 1. The maximum absolute atomic E-state index is 13.4. The highest BCUT2D eigenvalue weighted by atomic mass is 16.5. The van der Waals surface area contributed by atoms with Crippen molar-refractivity contribution in [1.29, 1.82) is 0 Å². The highest BCUT2D eigenvalue weighted by Gasteiger charge is 2.20. The second-order valence-corrected chi connectivity index (χ2v) is 6.42. The minimum absolute atomic E-state index is 0.0351. The molecule has 0 saturated heterocycles.